The summed E-state index contributed by atoms with van der Waals surface area (Å²) in [5.41, 5.74) is 0.571. The van der Waals surface area contributed by atoms with Crippen molar-refractivity contribution in [1.29, 1.82) is 0 Å². The first-order valence-corrected chi connectivity index (χ1v) is 8.35. The number of furan rings is 1. The average molecular weight is 308 g/mol. The molecule has 0 radical (unpaired) electrons. The molecule has 0 fully saturated rings. The van der Waals surface area contributed by atoms with Crippen molar-refractivity contribution in [1.82, 2.24) is 0 Å². The molecule has 4 aromatic rings. The van der Waals surface area contributed by atoms with Gasteiger partial charge in [-0.3, -0.25) is 0 Å². The van der Waals surface area contributed by atoms with Crippen molar-refractivity contribution in [2.75, 3.05) is 0 Å². The Morgan fingerprint density at radius 2 is 1.36 bits per heavy atom. The van der Waals surface area contributed by atoms with Crippen LogP contribution in [0.15, 0.2) is 87.2 Å². The number of fused-ring (bicyclic) bond motifs is 2. The van der Waals surface area contributed by atoms with E-state index in [0.29, 0.717) is 5.58 Å². The third-order valence-electron chi connectivity index (χ3n) is 3.70. The fourth-order valence-electron chi connectivity index (χ4n) is 2.54. The van der Waals surface area contributed by atoms with Gasteiger partial charge >= 0.3 is 0 Å². The molecule has 4 heteroatoms. The van der Waals surface area contributed by atoms with Crippen LogP contribution in [0.5, 0.6) is 0 Å². The summed E-state index contributed by atoms with van der Waals surface area (Å²) in [7, 11) is -3.66. The highest BCUT2D eigenvalue weighted by atomic mass is 32.2. The Bertz CT molecular complexity index is 1060. The van der Waals surface area contributed by atoms with Crippen LogP contribution in [0.1, 0.15) is 0 Å². The number of hydrogen-bond donors (Lipinski definition) is 0. The fourth-order valence-corrected chi connectivity index (χ4v) is 3.78. The molecule has 0 aliphatic heterocycles. The molecule has 0 amide bonds. The average Bonchev–Trinajstić information content (AvgIpc) is 2.99. The van der Waals surface area contributed by atoms with E-state index in [-0.39, 0.29) is 9.99 Å². The normalized spacial score (nSPS) is 12.0. The molecule has 0 aliphatic rings. The molecule has 4 rings (SSSR count). The van der Waals surface area contributed by atoms with Crippen LogP contribution in [0.25, 0.3) is 21.7 Å². The van der Waals surface area contributed by atoms with E-state index < -0.39 is 9.84 Å². The maximum Gasteiger partial charge on any atom is 0.239 e. The lowest BCUT2D eigenvalue weighted by atomic mass is 10.1. The lowest BCUT2D eigenvalue weighted by Crippen LogP contribution is -2.00. The van der Waals surface area contributed by atoms with E-state index in [0.717, 1.165) is 16.2 Å². The second-order valence-corrected chi connectivity index (χ2v) is 7.00. The molecule has 0 atom stereocenters. The lowest BCUT2D eigenvalue weighted by molar-refractivity contribution is 0.482. The monoisotopic (exact) mass is 308 g/mol. The van der Waals surface area contributed by atoms with Gasteiger partial charge in [0.05, 0.1) is 4.90 Å². The zero-order valence-electron chi connectivity index (χ0n) is 11.6. The zero-order chi connectivity index (χ0) is 15.2. The van der Waals surface area contributed by atoms with Gasteiger partial charge in [-0.25, -0.2) is 8.42 Å². The number of benzene rings is 3. The Labute approximate surface area is 127 Å². The Kier molecular flexibility index (Phi) is 2.81. The zero-order valence-corrected chi connectivity index (χ0v) is 12.4. The van der Waals surface area contributed by atoms with E-state index >= 15 is 0 Å². The highest BCUT2D eigenvalue weighted by Crippen LogP contribution is 2.29. The second kappa shape index (κ2) is 4.71. The van der Waals surface area contributed by atoms with Crippen LogP contribution in [0, 0.1) is 0 Å². The molecular weight excluding hydrogens is 296 g/mol. The predicted molar refractivity (Wildman–Crippen MR) is 85.6 cm³/mol. The SMILES string of the molecule is O=S(=O)(c1ccc2ccccc2c1)c1cc2ccccc2o1. The van der Waals surface area contributed by atoms with Crippen molar-refractivity contribution in [3.63, 3.8) is 0 Å². The van der Waals surface area contributed by atoms with Gasteiger partial charge in [0.2, 0.25) is 14.9 Å². The Balaban J connectivity index is 1.91. The van der Waals surface area contributed by atoms with Gasteiger partial charge in [-0.15, -0.1) is 0 Å². The fraction of sp³-hybridized carbons (Fsp3) is 0. The van der Waals surface area contributed by atoms with Crippen molar-refractivity contribution in [2.45, 2.75) is 9.99 Å². The van der Waals surface area contributed by atoms with Crippen LogP contribution in [-0.2, 0) is 9.84 Å². The van der Waals surface area contributed by atoms with E-state index in [1.54, 1.807) is 24.3 Å². The minimum absolute atomic E-state index is 0.0241. The van der Waals surface area contributed by atoms with Gasteiger partial charge in [-0.1, -0.05) is 48.5 Å². The van der Waals surface area contributed by atoms with Gasteiger partial charge in [0.1, 0.15) is 5.58 Å². The standard InChI is InChI=1S/C18H12O3S/c19-22(20,18-12-15-7-3-4-8-17(15)21-18)16-10-9-13-5-1-2-6-14(13)11-16/h1-12H. The Hall–Kier alpha value is -2.59. The van der Waals surface area contributed by atoms with Crippen LogP contribution < -0.4 is 0 Å². The summed E-state index contributed by atoms with van der Waals surface area (Å²) < 4.78 is 31.0. The maximum absolute atomic E-state index is 12.8. The van der Waals surface area contributed by atoms with Crippen molar-refractivity contribution in [2.24, 2.45) is 0 Å². The first-order chi connectivity index (χ1) is 10.6. The molecule has 0 bridgehead atoms. The summed E-state index contributed by atoms with van der Waals surface area (Å²) in [5, 5.41) is 2.65. The van der Waals surface area contributed by atoms with Gasteiger partial charge in [-0.2, -0.15) is 0 Å². The predicted octanol–water partition coefficient (Wildman–Crippen LogP) is 4.42. The largest absolute Gasteiger partial charge is 0.444 e. The first-order valence-electron chi connectivity index (χ1n) is 6.87. The quantitative estimate of drug-likeness (QED) is 0.551. The lowest BCUT2D eigenvalue weighted by Gasteiger charge is -2.03. The number of rotatable bonds is 2. The third kappa shape index (κ3) is 2.00. The summed E-state index contributed by atoms with van der Waals surface area (Å²) in [5.74, 6) is 0. The van der Waals surface area contributed by atoms with E-state index in [1.165, 1.54) is 0 Å². The first kappa shape index (κ1) is 13.1. The summed E-state index contributed by atoms with van der Waals surface area (Å²) >= 11 is 0. The summed E-state index contributed by atoms with van der Waals surface area (Å²) in [4.78, 5) is 0.241. The number of hydrogen-bond acceptors (Lipinski definition) is 3. The minimum atomic E-state index is -3.66. The van der Waals surface area contributed by atoms with E-state index in [2.05, 4.69) is 0 Å². The van der Waals surface area contributed by atoms with Gasteiger partial charge in [0.15, 0.2) is 0 Å². The van der Waals surface area contributed by atoms with Gasteiger partial charge in [0, 0.05) is 11.5 Å². The van der Waals surface area contributed by atoms with Crippen LogP contribution in [-0.4, -0.2) is 8.42 Å². The number of para-hydroxylation sites is 1. The smallest absolute Gasteiger partial charge is 0.239 e. The molecule has 0 spiro atoms. The molecule has 0 unspecified atom stereocenters. The van der Waals surface area contributed by atoms with E-state index in [4.69, 9.17) is 4.42 Å². The Morgan fingerprint density at radius 1 is 0.682 bits per heavy atom. The molecule has 22 heavy (non-hydrogen) atoms. The molecule has 1 aromatic heterocycles. The van der Waals surface area contributed by atoms with Crippen LogP contribution in [0.4, 0.5) is 0 Å². The van der Waals surface area contributed by atoms with Crippen LogP contribution in [0.2, 0.25) is 0 Å². The summed E-state index contributed by atoms with van der Waals surface area (Å²) in [6, 6.07) is 21.6. The molecule has 3 nitrogen and oxygen atoms in total. The Morgan fingerprint density at radius 3 is 2.14 bits per heavy atom. The molecule has 0 saturated heterocycles. The molecule has 0 aliphatic carbocycles. The topological polar surface area (TPSA) is 47.3 Å². The van der Waals surface area contributed by atoms with Gasteiger partial charge < -0.3 is 4.42 Å². The second-order valence-electron chi connectivity index (χ2n) is 5.12. The molecule has 0 N–H and O–H groups in total. The summed E-state index contributed by atoms with van der Waals surface area (Å²) in [6.07, 6.45) is 0. The highest BCUT2D eigenvalue weighted by molar-refractivity contribution is 7.91. The molecule has 108 valence electrons. The third-order valence-corrected chi connectivity index (χ3v) is 5.30. The maximum atomic E-state index is 12.8. The van der Waals surface area contributed by atoms with E-state index in [1.807, 2.05) is 48.5 Å². The number of sulfone groups is 1. The minimum Gasteiger partial charge on any atom is -0.444 e. The van der Waals surface area contributed by atoms with Gasteiger partial charge in [0.25, 0.3) is 0 Å². The van der Waals surface area contributed by atoms with E-state index in [9.17, 15) is 8.42 Å². The molecule has 0 saturated carbocycles. The highest BCUT2D eigenvalue weighted by Gasteiger charge is 2.22. The van der Waals surface area contributed by atoms with Crippen molar-refractivity contribution in [3.05, 3.63) is 72.8 Å². The molecule has 1 heterocycles. The summed E-state index contributed by atoms with van der Waals surface area (Å²) in [6.45, 7) is 0. The molecular formula is C18H12O3S. The van der Waals surface area contributed by atoms with Crippen molar-refractivity contribution >= 4 is 31.6 Å². The van der Waals surface area contributed by atoms with Gasteiger partial charge in [-0.05, 0) is 29.0 Å². The van der Waals surface area contributed by atoms with Crippen LogP contribution >= 0.6 is 0 Å². The molecule has 3 aromatic carbocycles. The van der Waals surface area contributed by atoms with Crippen molar-refractivity contribution < 1.29 is 12.8 Å². The van der Waals surface area contributed by atoms with Crippen molar-refractivity contribution in [3.8, 4) is 0 Å². The van der Waals surface area contributed by atoms with Crippen LogP contribution in [0.3, 0.4) is 0 Å².